The van der Waals surface area contributed by atoms with Crippen LogP contribution in [-0.4, -0.2) is 29.7 Å². The normalized spacial score (nSPS) is 13.9. The standard InChI is InChI=1S/C13H13N3O4S/c17-13(18)11-7-14-15-12(11)21(19,20)16-10-5-4-8-2-1-3-9(8)6-10/h4-7,16H,1-3H2,(H,14,15)(H,17,18). The molecular weight excluding hydrogens is 294 g/mol. The number of fused-ring (bicyclic) bond motifs is 1. The van der Waals surface area contributed by atoms with E-state index in [0.717, 1.165) is 31.0 Å². The average Bonchev–Trinajstić information content (AvgIpc) is 3.06. The predicted octanol–water partition coefficient (Wildman–Crippen LogP) is 1.40. The molecule has 3 rings (SSSR count). The fraction of sp³-hybridized carbons (Fsp3) is 0.231. The van der Waals surface area contributed by atoms with Crippen molar-refractivity contribution in [1.82, 2.24) is 10.2 Å². The maximum atomic E-state index is 12.2. The van der Waals surface area contributed by atoms with Gasteiger partial charge in [0.25, 0.3) is 10.0 Å². The molecule has 0 aliphatic heterocycles. The van der Waals surface area contributed by atoms with E-state index in [4.69, 9.17) is 5.11 Å². The van der Waals surface area contributed by atoms with Crippen LogP contribution >= 0.6 is 0 Å². The second kappa shape index (κ2) is 4.88. The quantitative estimate of drug-likeness (QED) is 0.790. The number of rotatable bonds is 4. The van der Waals surface area contributed by atoms with Crippen LogP contribution in [0.25, 0.3) is 0 Å². The van der Waals surface area contributed by atoms with E-state index in [0.29, 0.717) is 5.69 Å². The van der Waals surface area contributed by atoms with Crippen LogP contribution in [0.4, 0.5) is 5.69 Å². The highest BCUT2D eigenvalue weighted by Gasteiger charge is 2.25. The minimum absolute atomic E-state index is 0.385. The summed E-state index contributed by atoms with van der Waals surface area (Å²) in [5, 5.41) is 14.2. The molecule has 1 aliphatic rings. The highest BCUT2D eigenvalue weighted by molar-refractivity contribution is 7.92. The van der Waals surface area contributed by atoms with Gasteiger partial charge in [-0.05, 0) is 42.5 Å². The molecule has 1 aromatic carbocycles. The number of aryl methyl sites for hydroxylation is 2. The van der Waals surface area contributed by atoms with E-state index in [2.05, 4.69) is 14.9 Å². The summed E-state index contributed by atoms with van der Waals surface area (Å²) in [7, 11) is -4.01. The van der Waals surface area contributed by atoms with E-state index in [1.54, 1.807) is 12.1 Å². The average molecular weight is 307 g/mol. The molecule has 0 saturated heterocycles. The number of aromatic nitrogens is 2. The number of carbonyl (C=O) groups is 1. The number of anilines is 1. The molecule has 0 fully saturated rings. The monoisotopic (exact) mass is 307 g/mol. The number of aromatic carboxylic acids is 1. The third-order valence-corrected chi connectivity index (χ3v) is 4.81. The number of carboxylic acid groups (broad SMARTS) is 1. The van der Waals surface area contributed by atoms with Gasteiger partial charge in [0.15, 0.2) is 5.03 Å². The minimum atomic E-state index is -4.01. The summed E-state index contributed by atoms with van der Waals surface area (Å²) in [6.07, 6.45) is 3.97. The smallest absolute Gasteiger partial charge is 0.340 e. The van der Waals surface area contributed by atoms with Gasteiger partial charge in [-0.25, -0.2) is 4.79 Å². The van der Waals surface area contributed by atoms with E-state index in [1.807, 2.05) is 6.07 Å². The predicted molar refractivity (Wildman–Crippen MR) is 74.8 cm³/mol. The molecule has 0 radical (unpaired) electrons. The van der Waals surface area contributed by atoms with Crippen molar-refractivity contribution in [3.05, 3.63) is 41.1 Å². The summed E-state index contributed by atoms with van der Waals surface area (Å²) in [6, 6.07) is 5.36. The zero-order valence-corrected chi connectivity index (χ0v) is 11.8. The van der Waals surface area contributed by atoms with Gasteiger partial charge in [-0.15, -0.1) is 0 Å². The Balaban J connectivity index is 1.93. The van der Waals surface area contributed by atoms with E-state index in [1.165, 1.54) is 5.56 Å². The molecule has 0 saturated carbocycles. The first-order chi connectivity index (χ1) is 9.97. The van der Waals surface area contributed by atoms with Crippen molar-refractivity contribution in [1.29, 1.82) is 0 Å². The minimum Gasteiger partial charge on any atom is -0.478 e. The molecule has 1 aromatic heterocycles. The molecule has 8 heteroatoms. The van der Waals surface area contributed by atoms with E-state index in [-0.39, 0.29) is 5.56 Å². The van der Waals surface area contributed by atoms with E-state index < -0.39 is 21.0 Å². The highest BCUT2D eigenvalue weighted by Crippen LogP contribution is 2.26. The summed E-state index contributed by atoms with van der Waals surface area (Å²) in [6.45, 7) is 0. The van der Waals surface area contributed by atoms with Crippen LogP contribution in [0.3, 0.4) is 0 Å². The Morgan fingerprint density at radius 3 is 2.81 bits per heavy atom. The molecule has 0 amide bonds. The molecule has 0 unspecified atom stereocenters. The van der Waals surface area contributed by atoms with Crippen molar-refractivity contribution in [2.24, 2.45) is 0 Å². The van der Waals surface area contributed by atoms with Gasteiger partial charge in [0, 0.05) is 5.69 Å². The molecule has 2 aromatic rings. The van der Waals surface area contributed by atoms with Crippen molar-refractivity contribution in [2.45, 2.75) is 24.3 Å². The lowest BCUT2D eigenvalue weighted by Crippen LogP contribution is -2.16. The van der Waals surface area contributed by atoms with Gasteiger partial charge in [-0.2, -0.15) is 13.5 Å². The highest BCUT2D eigenvalue weighted by atomic mass is 32.2. The zero-order chi connectivity index (χ0) is 15.0. The second-order valence-electron chi connectivity index (χ2n) is 4.86. The summed E-state index contributed by atoms with van der Waals surface area (Å²) in [4.78, 5) is 11.0. The molecule has 21 heavy (non-hydrogen) atoms. The van der Waals surface area contributed by atoms with E-state index in [9.17, 15) is 13.2 Å². The van der Waals surface area contributed by atoms with Crippen LogP contribution in [0, 0.1) is 0 Å². The van der Waals surface area contributed by atoms with Crippen molar-refractivity contribution >= 4 is 21.7 Å². The number of carboxylic acids is 1. The molecular formula is C13H13N3O4S. The molecule has 7 nitrogen and oxygen atoms in total. The lowest BCUT2D eigenvalue weighted by atomic mass is 10.1. The van der Waals surface area contributed by atoms with Gasteiger partial charge in [0.2, 0.25) is 0 Å². The number of H-pyrrole nitrogens is 1. The third-order valence-electron chi connectivity index (χ3n) is 3.45. The van der Waals surface area contributed by atoms with Crippen molar-refractivity contribution in [2.75, 3.05) is 4.72 Å². The van der Waals surface area contributed by atoms with Crippen LogP contribution < -0.4 is 4.72 Å². The van der Waals surface area contributed by atoms with Gasteiger partial charge >= 0.3 is 5.97 Å². The molecule has 0 atom stereocenters. The van der Waals surface area contributed by atoms with Gasteiger partial charge in [0.1, 0.15) is 5.56 Å². The number of nitrogens with zero attached hydrogens (tertiary/aromatic N) is 1. The van der Waals surface area contributed by atoms with E-state index >= 15 is 0 Å². The second-order valence-corrected chi connectivity index (χ2v) is 6.48. The Morgan fingerprint density at radius 1 is 1.29 bits per heavy atom. The number of benzene rings is 1. The van der Waals surface area contributed by atoms with Crippen LogP contribution in [0.2, 0.25) is 0 Å². The Morgan fingerprint density at radius 2 is 2.05 bits per heavy atom. The zero-order valence-electron chi connectivity index (χ0n) is 11.0. The molecule has 1 aliphatic carbocycles. The molecule has 3 N–H and O–H groups in total. The van der Waals surface area contributed by atoms with Gasteiger partial charge in [-0.1, -0.05) is 6.07 Å². The Hall–Kier alpha value is -2.35. The maximum absolute atomic E-state index is 12.2. The van der Waals surface area contributed by atoms with Gasteiger partial charge < -0.3 is 5.11 Å². The molecule has 0 bridgehead atoms. The van der Waals surface area contributed by atoms with Gasteiger partial charge in [0.05, 0.1) is 6.20 Å². The van der Waals surface area contributed by atoms with Crippen LogP contribution in [0.5, 0.6) is 0 Å². The van der Waals surface area contributed by atoms with Crippen molar-refractivity contribution < 1.29 is 18.3 Å². The fourth-order valence-corrected chi connectivity index (χ4v) is 3.61. The van der Waals surface area contributed by atoms with Crippen molar-refractivity contribution in [3.8, 4) is 0 Å². The Bertz CT molecular complexity index is 811. The summed E-state index contributed by atoms with van der Waals surface area (Å²) >= 11 is 0. The van der Waals surface area contributed by atoms with Gasteiger partial charge in [-0.3, -0.25) is 9.82 Å². The molecule has 1 heterocycles. The van der Waals surface area contributed by atoms with Crippen LogP contribution in [0.15, 0.2) is 29.4 Å². The van der Waals surface area contributed by atoms with Crippen molar-refractivity contribution in [3.63, 3.8) is 0 Å². The fourth-order valence-electron chi connectivity index (χ4n) is 2.47. The first-order valence-corrected chi connectivity index (χ1v) is 7.87. The lowest BCUT2D eigenvalue weighted by Gasteiger charge is -2.09. The summed E-state index contributed by atoms with van der Waals surface area (Å²) in [5.41, 5.74) is 2.38. The Kier molecular flexibility index (Phi) is 3.17. The Labute approximate surface area is 121 Å². The summed E-state index contributed by atoms with van der Waals surface area (Å²) < 4.78 is 26.9. The first kappa shape index (κ1) is 13.6. The summed E-state index contributed by atoms with van der Waals surface area (Å²) in [5.74, 6) is -1.35. The van der Waals surface area contributed by atoms with Crippen LogP contribution in [-0.2, 0) is 22.9 Å². The first-order valence-electron chi connectivity index (χ1n) is 6.38. The number of hydrogen-bond acceptors (Lipinski definition) is 4. The van der Waals surface area contributed by atoms with Crippen LogP contribution in [0.1, 0.15) is 27.9 Å². The maximum Gasteiger partial charge on any atom is 0.340 e. The number of nitrogens with one attached hydrogen (secondary N) is 2. The largest absolute Gasteiger partial charge is 0.478 e. The topological polar surface area (TPSA) is 112 Å². The SMILES string of the molecule is O=C(O)c1cn[nH]c1S(=O)(=O)Nc1ccc2c(c1)CCC2. The molecule has 0 spiro atoms. The third kappa shape index (κ3) is 2.49. The number of hydrogen-bond donors (Lipinski definition) is 3. The number of aromatic amines is 1. The lowest BCUT2D eigenvalue weighted by molar-refractivity contribution is 0.0692. The number of sulfonamides is 1. The molecule has 110 valence electrons.